The lowest BCUT2D eigenvalue weighted by Gasteiger charge is -2.21. The van der Waals surface area contributed by atoms with E-state index in [0.29, 0.717) is 24.8 Å². The van der Waals surface area contributed by atoms with Gasteiger partial charge in [-0.25, -0.2) is 0 Å². The normalized spacial score (nSPS) is 36.2. The molecule has 0 amide bonds. The average molecular weight is 286 g/mol. The Bertz CT molecular complexity index is 575. The topological polar surface area (TPSA) is 85.7 Å². The second-order valence-corrected chi connectivity index (χ2v) is 5.71. The number of hydrogen-bond acceptors (Lipinski definition) is 5. The Labute approximate surface area is 125 Å². The Hall–Kier alpha value is -1.85. The van der Waals surface area contributed by atoms with Gasteiger partial charge in [0.15, 0.2) is 0 Å². The fraction of sp³-hybridized carbons (Fsp3) is 0.438. The fourth-order valence-corrected chi connectivity index (χ4v) is 2.72. The summed E-state index contributed by atoms with van der Waals surface area (Å²) in [6, 6.07) is -0.203. The number of ether oxygens (including phenoxy) is 1. The van der Waals surface area contributed by atoms with Gasteiger partial charge in [0.05, 0.1) is 11.8 Å². The van der Waals surface area contributed by atoms with E-state index in [-0.39, 0.29) is 17.6 Å². The molecule has 3 rings (SSSR count). The molecular weight excluding hydrogens is 264 g/mol. The third-order valence-electron chi connectivity index (χ3n) is 4.45. The monoisotopic (exact) mass is 286 g/mol. The van der Waals surface area contributed by atoms with Crippen LogP contribution in [0.2, 0.25) is 0 Å². The van der Waals surface area contributed by atoms with Crippen molar-refractivity contribution in [1.82, 2.24) is 5.32 Å². The van der Waals surface area contributed by atoms with Crippen molar-refractivity contribution >= 4 is 6.34 Å². The number of nitrogens with two attached hydrogens (primary N) is 2. The van der Waals surface area contributed by atoms with Crippen molar-refractivity contribution in [2.45, 2.75) is 19.1 Å². The van der Waals surface area contributed by atoms with E-state index in [4.69, 9.17) is 16.2 Å². The highest BCUT2D eigenvalue weighted by Crippen LogP contribution is 2.72. The van der Waals surface area contributed by atoms with Crippen LogP contribution in [0.3, 0.4) is 0 Å². The van der Waals surface area contributed by atoms with Gasteiger partial charge in [-0.3, -0.25) is 4.99 Å². The minimum absolute atomic E-state index is 0.0478. The average Bonchev–Trinajstić information content (AvgIpc) is 3.35. The van der Waals surface area contributed by atoms with Gasteiger partial charge in [-0.15, -0.1) is 0 Å². The van der Waals surface area contributed by atoms with Crippen molar-refractivity contribution < 1.29 is 4.74 Å². The van der Waals surface area contributed by atoms with Crippen molar-refractivity contribution in [1.29, 1.82) is 0 Å². The molecule has 0 aromatic heterocycles. The lowest BCUT2D eigenvalue weighted by atomic mass is 9.98. The van der Waals surface area contributed by atoms with Gasteiger partial charge in [0.1, 0.15) is 24.6 Å². The zero-order chi connectivity index (χ0) is 15.0. The first-order chi connectivity index (χ1) is 10.1. The molecule has 1 saturated carbocycles. The molecule has 1 aliphatic heterocycles. The van der Waals surface area contributed by atoms with E-state index in [1.54, 1.807) is 6.34 Å². The summed E-state index contributed by atoms with van der Waals surface area (Å²) in [6.45, 7) is 7.10. The highest BCUT2D eigenvalue weighted by Gasteiger charge is 2.67. The second-order valence-electron chi connectivity index (χ2n) is 5.71. The molecule has 0 spiro atoms. The summed E-state index contributed by atoms with van der Waals surface area (Å²) >= 11 is 0. The molecule has 5 heteroatoms. The molecule has 2 aliphatic carbocycles. The van der Waals surface area contributed by atoms with E-state index in [1.165, 1.54) is 5.57 Å². The first kappa shape index (κ1) is 14.1. The molecule has 0 aromatic rings. The summed E-state index contributed by atoms with van der Waals surface area (Å²) < 4.78 is 5.85. The lowest BCUT2D eigenvalue weighted by Crippen LogP contribution is -2.41. The van der Waals surface area contributed by atoms with Gasteiger partial charge in [0.25, 0.3) is 0 Å². The Morgan fingerprint density at radius 3 is 2.86 bits per heavy atom. The Morgan fingerprint density at radius 1 is 1.62 bits per heavy atom. The molecule has 5 nitrogen and oxygen atoms in total. The van der Waals surface area contributed by atoms with Crippen LogP contribution in [-0.4, -0.2) is 31.7 Å². The highest BCUT2D eigenvalue weighted by atomic mass is 16.5. The van der Waals surface area contributed by atoms with Gasteiger partial charge >= 0.3 is 0 Å². The summed E-state index contributed by atoms with van der Waals surface area (Å²) in [5.41, 5.74) is 14.2. The molecule has 1 heterocycles. The number of nitrogens with one attached hydrogen (secondary N) is 1. The number of hydrogen-bond donors (Lipinski definition) is 3. The van der Waals surface area contributed by atoms with Crippen LogP contribution in [0.25, 0.3) is 0 Å². The van der Waals surface area contributed by atoms with Crippen molar-refractivity contribution in [3.05, 3.63) is 47.8 Å². The number of allylic oxidation sites excluding steroid dienone is 2. The van der Waals surface area contributed by atoms with Crippen molar-refractivity contribution in [3.63, 3.8) is 0 Å². The van der Waals surface area contributed by atoms with Crippen LogP contribution < -0.4 is 16.8 Å². The maximum absolute atomic E-state index is 5.88. The number of aliphatic imine (C=N–C) groups is 1. The molecule has 0 bridgehead atoms. The molecule has 3 aliphatic rings. The zero-order valence-corrected chi connectivity index (χ0v) is 12.3. The predicted molar refractivity (Wildman–Crippen MR) is 84.4 cm³/mol. The number of nitrogens with zero attached hydrogens (tertiary/aromatic N) is 1. The summed E-state index contributed by atoms with van der Waals surface area (Å²) in [7, 11) is 0. The van der Waals surface area contributed by atoms with Crippen LogP contribution in [0.15, 0.2) is 52.8 Å². The molecular formula is C16H22N4O. The van der Waals surface area contributed by atoms with Gasteiger partial charge in [-0.2, -0.15) is 0 Å². The quantitative estimate of drug-likeness (QED) is 0.367. The minimum Gasteiger partial charge on any atom is -0.495 e. The van der Waals surface area contributed by atoms with Gasteiger partial charge in [-0.1, -0.05) is 36.5 Å². The van der Waals surface area contributed by atoms with Crippen LogP contribution >= 0.6 is 0 Å². The molecule has 4 unspecified atom stereocenters. The highest BCUT2D eigenvalue weighted by molar-refractivity contribution is 5.62. The van der Waals surface area contributed by atoms with Gasteiger partial charge in [0.2, 0.25) is 0 Å². The number of fused-ring (bicyclic) bond motifs is 1. The molecule has 5 N–H and O–H groups in total. The maximum Gasteiger partial charge on any atom is 0.141 e. The molecule has 4 atom stereocenters. The lowest BCUT2D eigenvalue weighted by molar-refractivity contribution is 0.154. The molecule has 112 valence electrons. The Kier molecular flexibility index (Phi) is 3.47. The SMILES string of the molecule is C=C(OCC1(/C=C\C(=C/C)CN)C2=CC21)C1N=CNC1N. The van der Waals surface area contributed by atoms with Crippen LogP contribution in [0, 0.1) is 11.3 Å². The summed E-state index contributed by atoms with van der Waals surface area (Å²) in [4.78, 5) is 4.22. The first-order valence-electron chi connectivity index (χ1n) is 7.24. The summed E-state index contributed by atoms with van der Waals surface area (Å²) in [5.74, 6) is 1.19. The maximum atomic E-state index is 5.88. The van der Waals surface area contributed by atoms with Gasteiger partial charge in [-0.05, 0) is 12.5 Å². The Balaban J connectivity index is 1.58. The zero-order valence-electron chi connectivity index (χ0n) is 12.3. The van der Waals surface area contributed by atoms with E-state index in [1.807, 2.05) is 13.0 Å². The van der Waals surface area contributed by atoms with Crippen molar-refractivity contribution in [2.24, 2.45) is 27.8 Å². The number of rotatable bonds is 7. The van der Waals surface area contributed by atoms with Crippen molar-refractivity contribution in [2.75, 3.05) is 13.2 Å². The smallest absolute Gasteiger partial charge is 0.141 e. The van der Waals surface area contributed by atoms with E-state index in [2.05, 4.69) is 35.1 Å². The van der Waals surface area contributed by atoms with Gasteiger partial charge < -0.3 is 21.5 Å². The molecule has 0 radical (unpaired) electrons. The third-order valence-corrected chi connectivity index (χ3v) is 4.45. The van der Waals surface area contributed by atoms with Gasteiger partial charge in [0, 0.05) is 12.5 Å². The molecule has 1 fully saturated rings. The van der Waals surface area contributed by atoms with Crippen molar-refractivity contribution in [3.8, 4) is 0 Å². The third kappa shape index (κ3) is 2.43. The Morgan fingerprint density at radius 2 is 2.38 bits per heavy atom. The van der Waals surface area contributed by atoms with Crippen LogP contribution in [0.4, 0.5) is 0 Å². The summed E-state index contributed by atoms with van der Waals surface area (Å²) in [6.07, 6.45) is 9.96. The minimum atomic E-state index is -0.246. The van der Waals surface area contributed by atoms with E-state index in [0.717, 1.165) is 5.57 Å². The van der Waals surface area contributed by atoms with E-state index >= 15 is 0 Å². The predicted octanol–water partition coefficient (Wildman–Crippen LogP) is 0.819. The first-order valence-corrected chi connectivity index (χ1v) is 7.24. The molecule has 0 aromatic carbocycles. The largest absolute Gasteiger partial charge is 0.495 e. The van der Waals surface area contributed by atoms with Crippen LogP contribution in [0.1, 0.15) is 6.92 Å². The molecule has 21 heavy (non-hydrogen) atoms. The summed E-state index contributed by atoms with van der Waals surface area (Å²) in [5, 5.41) is 2.93. The fourth-order valence-electron chi connectivity index (χ4n) is 2.72. The van der Waals surface area contributed by atoms with Crippen LogP contribution in [0.5, 0.6) is 0 Å². The standard InChI is InChI=1S/C16H22N4O/c1-3-11(7-17)4-5-16(12-6-13(12)16)8-21-10(2)14-15(18)20-9-19-14/h3-6,9,12,14-15H,2,7-8,17-18H2,1H3,(H,19,20)/b5-4-,11-3+. The molecule has 0 saturated heterocycles. The van der Waals surface area contributed by atoms with Crippen LogP contribution in [-0.2, 0) is 4.74 Å². The van der Waals surface area contributed by atoms with E-state index < -0.39 is 0 Å². The van der Waals surface area contributed by atoms with E-state index in [9.17, 15) is 0 Å². The second kappa shape index (κ2) is 5.16.